The number of aromatic nitrogens is 2. The van der Waals surface area contributed by atoms with Crippen molar-refractivity contribution in [2.24, 2.45) is 0 Å². The van der Waals surface area contributed by atoms with Crippen molar-refractivity contribution in [3.63, 3.8) is 0 Å². The molecule has 1 aliphatic heterocycles. The highest BCUT2D eigenvalue weighted by Crippen LogP contribution is 2.22. The Morgan fingerprint density at radius 3 is 2.50 bits per heavy atom. The molecular weight excluding hydrogens is 322 g/mol. The number of hydrogen-bond acceptors (Lipinski definition) is 3. The zero-order valence-electron chi connectivity index (χ0n) is 11.0. The van der Waals surface area contributed by atoms with Crippen LogP contribution < -0.4 is 11.1 Å². The summed E-state index contributed by atoms with van der Waals surface area (Å²) in [6.07, 6.45) is 3.73. The van der Waals surface area contributed by atoms with E-state index in [4.69, 9.17) is 0 Å². The molecule has 2 N–H and O–H groups in total. The molecule has 0 bridgehead atoms. The fraction of sp³-hybridized carbons (Fsp3) is 0.429. The number of piperidine rings is 1. The average Bonchev–Trinajstić information content (AvgIpc) is 2.42. The lowest BCUT2D eigenvalue weighted by atomic mass is 10.1. The van der Waals surface area contributed by atoms with Gasteiger partial charge in [0.1, 0.15) is 0 Å². The second-order valence-electron chi connectivity index (χ2n) is 5.23. The zero-order valence-corrected chi connectivity index (χ0v) is 12.6. The largest absolute Gasteiger partial charge is 0.316 e. The number of nitrogens with zero attached hydrogens (tertiary/aromatic N) is 1. The third-order valence-corrected chi connectivity index (χ3v) is 4.18. The van der Waals surface area contributed by atoms with Crippen LogP contribution in [0.5, 0.6) is 0 Å². The summed E-state index contributed by atoms with van der Waals surface area (Å²) >= 11 is 3.46. The summed E-state index contributed by atoms with van der Waals surface area (Å²) in [5, 5.41) is 0. The van der Waals surface area contributed by atoms with E-state index in [1.54, 1.807) is 0 Å². The first kappa shape index (κ1) is 13.6. The Labute approximate surface area is 124 Å². The first-order valence-electron chi connectivity index (χ1n) is 6.80. The standard InChI is InChI=1S/C14H16BrN3O2/c15-10-6-9(8-18-4-2-1-3-5-18)12-11(7-10)16-13(19)14(20)17-12/h6-7H,1-5,8H2,(H,16,19)(H,17,20). The van der Waals surface area contributed by atoms with Crippen molar-refractivity contribution in [2.45, 2.75) is 25.8 Å². The van der Waals surface area contributed by atoms with Crippen LogP contribution >= 0.6 is 15.9 Å². The molecule has 1 aliphatic rings. The van der Waals surface area contributed by atoms with Crippen LogP contribution in [0.3, 0.4) is 0 Å². The number of nitrogens with one attached hydrogen (secondary N) is 2. The third kappa shape index (κ3) is 2.71. The predicted octanol–water partition coefficient (Wildman–Crippen LogP) is 1.96. The Morgan fingerprint density at radius 1 is 1.05 bits per heavy atom. The maximum atomic E-state index is 11.5. The molecule has 20 heavy (non-hydrogen) atoms. The molecule has 3 rings (SSSR count). The Bertz CT molecular complexity index is 744. The van der Waals surface area contributed by atoms with Gasteiger partial charge in [-0.1, -0.05) is 22.4 Å². The molecular formula is C14H16BrN3O2. The fourth-order valence-electron chi connectivity index (χ4n) is 2.74. The number of aromatic amines is 2. The van der Waals surface area contributed by atoms with E-state index >= 15 is 0 Å². The molecule has 2 heterocycles. The molecule has 6 heteroatoms. The fourth-order valence-corrected chi connectivity index (χ4v) is 3.25. The minimum absolute atomic E-state index is 0.597. The van der Waals surface area contributed by atoms with Gasteiger partial charge in [0.2, 0.25) is 0 Å². The molecule has 106 valence electrons. The van der Waals surface area contributed by atoms with Crippen molar-refractivity contribution in [1.82, 2.24) is 14.9 Å². The van der Waals surface area contributed by atoms with Crippen LogP contribution in [-0.2, 0) is 6.54 Å². The van der Waals surface area contributed by atoms with Crippen LogP contribution in [0, 0.1) is 0 Å². The first-order valence-corrected chi connectivity index (χ1v) is 7.60. The van der Waals surface area contributed by atoms with Gasteiger partial charge in [0.15, 0.2) is 0 Å². The number of halogens is 1. The quantitative estimate of drug-likeness (QED) is 0.823. The topological polar surface area (TPSA) is 69.0 Å². The number of rotatable bonds is 2. The number of fused-ring (bicyclic) bond motifs is 1. The van der Waals surface area contributed by atoms with Gasteiger partial charge in [-0.3, -0.25) is 14.5 Å². The van der Waals surface area contributed by atoms with Gasteiger partial charge in [-0.15, -0.1) is 0 Å². The van der Waals surface area contributed by atoms with Crippen LogP contribution in [0.15, 0.2) is 26.2 Å². The zero-order chi connectivity index (χ0) is 14.1. The SMILES string of the molecule is O=c1[nH]c2cc(Br)cc(CN3CCCCC3)c2[nH]c1=O. The second-order valence-corrected chi connectivity index (χ2v) is 6.15. The van der Waals surface area contributed by atoms with Gasteiger partial charge in [-0.2, -0.15) is 0 Å². The summed E-state index contributed by atoms with van der Waals surface area (Å²) < 4.78 is 0.903. The number of likely N-dealkylation sites (tertiary alicyclic amines) is 1. The minimum atomic E-state index is -0.612. The molecule has 0 atom stereocenters. The summed E-state index contributed by atoms with van der Waals surface area (Å²) in [6, 6.07) is 3.82. The lowest BCUT2D eigenvalue weighted by Crippen LogP contribution is -2.31. The summed E-state index contributed by atoms with van der Waals surface area (Å²) in [6.45, 7) is 2.96. The smallest absolute Gasteiger partial charge is 0.314 e. The normalized spacial score (nSPS) is 16.6. The highest BCUT2D eigenvalue weighted by Gasteiger charge is 2.13. The van der Waals surface area contributed by atoms with Crippen LogP contribution in [0.25, 0.3) is 11.0 Å². The van der Waals surface area contributed by atoms with E-state index in [-0.39, 0.29) is 0 Å². The van der Waals surface area contributed by atoms with Crippen molar-refractivity contribution in [3.05, 3.63) is 42.9 Å². The van der Waals surface area contributed by atoms with Crippen LogP contribution in [0.4, 0.5) is 0 Å². The van der Waals surface area contributed by atoms with E-state index in [9.17, 15) is 9.59 Å². The minimum Gasteiger partial charge on any atom is -0.316 e. The van der Waals surface area contributed by atoms with Crippen molar-refractivity contribution in [1.29, 1.82) is 0 Å². The Hall–Kier alpha value is -1.40. The van der Waals surface area contributed by atoms with Gasteiger partial charge in [-0.25, -0.2) is 0 Å². The first-order chi connectivity index (χ1) is 9.63. The van der Waals surface area contributed by atoms with Crippen molar-refractivity contribution in [2.75, 3.05) is 13.1 Å². The van der Waals surface area contributed by atoms with E-state index in [1.807, 2.05) is 12.1 Å². The highest BCUT2D eigenvalue weighted by molar-refractivity contribution is 9.10. The number of benzene rings is 1. The highest BCUT2D eigenvalue weighted by atomic mass is 79.9. The lowest BCUT2D eigenvalue weighted by Gasteiger charge is -2.26. The van der Waals surface area contributed by atoms with Gasteiger partial charge in [0.25, 0.3) is 0 Å². The molecule has 0 radical (unpaired) electrons. The molecule has 2 aromatic rings. The molecule has 0 unspecified atom stereocenters. The third-order valence-electron chi connectivity index (χ3n) is 3.72. The second kappa shape index (κ2) is 5.54. The van der Waals surface area contributed by atoms with Crippen LogP contribution in [-0.4, -0.2) is 28.0 Å². The summed E-state index contributed by atoms with van der Waals surface area (Å²) in [4.78, 5) is 30.7. The molecule has 1 aromatic heterocycles. The Morgan fingerprint density at radius 2 is 1.75 bits per heavy atom. The van der Waals surface area contributed by atoms with Gasteiger partial charge in [0.05, 0.1) is 11.0 Å². The van der Waals surface area contributed by atoms with Crippen molar-refractivity contribution >= 4 is 27.0 Å². The Balaban J connectivity index is 2.06. The average molecular weight is 338 g/mol. The summed E-state index contributed by atoms with van der Waals surface area (Å²) in [5.41, 5.74) is 1.21. The van der Waals surface area contributed by atoms with E-state index < -0.39 is 11.1 Å². The summed E-state index contributed by atoms with van der Waals surface area (Å²) in [7, 11) is 0. The van der Waals surface area contributed by atoms with Crippen molar-refractivity contribution < 1.29 is 0 Å². The Kier molecular flexibility index (Phi) is 3.76. The molecule has 0 amide bonds. The van der Waals surface area contributed by atoms with Gasteiger partial charge >= 0.3 is 11.1 Å². The molecule has 1 saturated heterocycles. The van der Waals surface area contributed by atoms with Crippen molar-refractivity contribution in [3.8, 4) is 0 Å². The van der Waals surface area contributed by atoms with E-state index in [0.717, 1.165) is 35.2 Å². The maximum absolute atomic E-state index is 11.5. The molecule has 5 nitrogen and oxygen atoms in total. The van der Waals surface area contributed by atoms with Gasteiger partial charge < -0.3 is 9.97 Å². The molecule has 0 aliphatic carbocycles. The summed E-state index contributed by atoms with van der Waals surface area (Å²) in [5.74, 6) is 0. The monoisotopic (exact) mass is 337 g/mol. The molecule has 0 saturated carbocycles. The molecule has 1 aromatic carbocycles. The van der Waals surface area contributed by atoms with Crippen LogP contribution in [0.1, 0.15) is 24.8 Å². The number of H-pyrrole nitrogens is 2. The van der Waals surface area contributed by atoms with E-state index in [0.29, 0.717) is 5.52 Å². The molecule has 1 fully saturated rings. The van der Waals surface area contributed by atoms with Crippen LogP contribution in [0.2, 0.25) is 0 Å². The lowest BCUT2D eigenvalue weighted by molar-refractivity contribution is 0.221. The van der Waals surface area contributed by atoms with E-state index in [2.05, 4.69) is 30.8 Å². The predicted molar refractivity (Wildman–Crippen MR) is 82.0 cm³/mol. The van der Waals surface area contributed by atoms with E-state index in [1.165, 1.54) is 19.3 Å². The number of hydrogen-bond donors (Lipinski definition) is 2. The maximum Gasteiger partial charge on any atom is 0.314 e. The molecule has 0 spiro atoms. The van der Waals surface area contributed by atoms with Gasteiger partial charge in [-0.05, 0) is 43.6 Å². The van der Waals surface area contributed by atoms with Gasteiger partial charge in [0, 0.05) is 11.0 Å².